The standard InChI is InChI=1S/C23H22N6O/c1-14(2)16-6-4-5-7-17(16)21-24-11-19-22(27-21)29(23(30)26-19)12-15-8-9-20-18(10-15)25-13-28(20)3/h4-11,13-14H,12H2,1-3H3,(H,26,30). The summed E-state index contributed by atoms with van der Waals surface area (Å²) in [7, 11) is 1.96. The molecule has 0 amide bonds. The summed E-state index contributed by atoms with van der Waals surface area (Å²) >= 11 is 0. The maximum atomic E-state index is 12.7. The fourth-order valence-corrected chi connectivity index (χ4v) is 3.89. The molecule has 0 aliphatic rings. The van der Waals surface area contributed by atoms with E-state index >= 15 is 0 Å². The molecule has 3 aromatic heterocycles. The van der Waals surface area contributed by atoms with Crippen molar-refractivity contribution in [1.82, 2.24) is 29.1 Å². The van der Waals surface area contributed by atoms with Crippen LogP contribution in [-0.2, 0) is 13.6 Å². The first-order valence-corrected chi connectivity index (χ1v) is 9.96. The Balaban J connectivity index is 1.61. The molecule has 0 unspecified atom stereocenters. The maximum absolute atomic E-state index is 12.7. The molecule has 3 heterocycles. The number of fused-ring (bicyclic) bond motifs is 2. The predicted octanol–water partition coefficient (Wildman–Crippen LogP) is 3.85. The van der Waals surface area contributed by atoms with Crippen molar-refractivity contribution < 1.29 is 0 Å². The first-order valence-electron chi connectivity index (χ1n) is 9.96. The second-order valence-corrected chi connectivity index (χ2v) is 7.87. The first kappa shape index (κ1) is 18.3. The summed E-state index contributed by atoms with van der Waals surface area (Å²) in [5.74, 6) is 0.971. The molecule has 7 nitrogen and oxygen atoms in total. The van der Waals surface area contributed by atoms with Crippen LogP contribution in [0.25, 0.3) is 33.6 Å². The van der Waals surface area contributed by atoms with Gasteiger partial charge in [0.1, 0.15) is 5.52 Å². The number of hydrogen-bond donors (Lipinski definition) is 1. The monoisotopic (exact) mass is 398 g/mol. The molecule has 0 atom stereocenters. The summed E-state index contributed by atoms with van der Waals surface area (Å²) in [6.45, 7) is 4.71. The van der Waals surface area contributed by atoms with Gasteiger partial charge in [-0.05, 0) is 29.2 Å². The molecule has 0 bridgehead atoms. The van der Waals surface area contributed by atoms with Crippen LogP contribution in [0.5, 0.6) is 0 Å². The zero-order valence-electron chi connectivity index (χ0n) is 17.1. The number of hydrogen-bond acceptors (Lipinski definition) is 4. The Kier molecular flexibility index (Phi) is 4.24. The smallest absolute Gasteiger partial charge is 0.328 e. The highest BCUT2D eigenvalue weighted by Crippen LogP contribution is 2.27. The van der Waals surface area contributed by atoms with Gasteiger partial charge in [0.15, 0.2) is 11.5 Å². The van der Waals surface area contributed by atoms with Crippen molar-refractivity contribution in [3.05, 3.63) is 76.6 Å². The average molecular weight is 398 g/mol. The molecular weight excluding hydrogens is 376 g/mol. The van der Waals surface area contributed by atoms with Crippen LogP contribution < -0.4 is 5.69 Å². The highest BCUT2D eigenvalue weighted by molar-refractivity contribution is 5.76. The summed E-state index contributed by atoms with van der Waals surface area (Å²) in [6.07, 6.45) is 3.48. The molecule has 0 saturated carbocycles. The Morgan fingerprint density at radius 1 is 1.10 bits per heavy atom. The number of imidazole rings is 2. The van der Waals surface area contributed by atoms with Crippen LogP contribution in [0.4, 0.5) is 0 Å². The van der Waals surface area contributed by atoms with Crippen LogP contribution in [-0.4, -0.2) is 29.1 Å². The largest absolute Gasteiger partial charge is 0.334 e. The number of aromatic nitrogens is 6. The van der Waals surface area contributed by atoms with Crippen LogP contribution in [0.1, 0.15) is 30.9 Å². The lowest BCUT2D eigenvalue weighted by atomic mass is 9.97. The Morgan fingerprint density at radius 2 is 1.93 bits per heavy atom. The predicted molar refractivity (Wildman–Crippen MR) is 117 cm³/mol. The van der Waals surface area contributed by atoms with Gasteiger partial charge in [0, 0.05) is 12.6 Å². The van der Waals surface area contributed by atoms with Gasteiger partial charge in [0.2, 0.25) is 0 Å². The van der Waals surface area contributed by atoms with Gasteiger partial charge in [-0.15, -0.1) is 0 Å². The molecule has 150 valence electrons. The van der Waals surface area contributed by atoms with Gasteiger partial charge in [-0.2, -0.15) is 0 Å². The van der Waals surface area contributed by atoms with Crippen molar-refractivity contribution in [1.29, 1.82) is 0 Å². The van der Waals surface area contributed by atoms with E-state index in [-0.39, 0.29) is 5.69 Å². The van der Waals surface area contributed by atoms with Crippen molar-refractivity contribution in [2.75, 3.05) is 0 Å². The molecule has 7 heteroatoms. The van der Waals surface area contributed by atoms with Crippen molar-refractivity contribution in [2.24, 2.45) is 7.05 Å². The van der Waals surface area contributed by atoms with E-state index in [4.69, 9.17) is 4.98 Å². The zero-order chi connectivity index (χ0) is 20.8. The normalized spacial score (nSPS) is 11.7. The minimum absolute atomic E-state index is 0.199. The molecule has 0 aliphatic heterocycles. The number of benzene rings is 2. The van der Waals surface area contributed by atoms with Gasteiger partial charge in [0.05, 0.1) is 30.1 Å². The number of nitrogens with one attached hydrogen (secondary N) is 1. The van der Waals surface area contributed by atoms with Gasteiger partial charge >= 0.3 is 5.69 Å². The molecule has 1 N–H and O–H groups in total. The van der Waals surface area contributed by atoms with Crippen LogP contribution >= 0.6 is 0 Å². The number of aromatic amines is 1. The van der Waals surface area contributed by atoms with Gasteiger partial charge in [-0.1, -0.05) is 44.2 Å². The molecule has 0 radical (unpaired) electrons. The molecule has 0 fully saturated rings. The minimum atomic E-state index is -0.199. The second-order valence-electron chi connectivity index (χ2n) is 7.87. The molecule has 0 saturated heterocycles. The molecular formula is C23H22N6O. The third-order valence-electron chi connectivity index (χ3n) is 5.47. The summed E-state index contributed by atoms with van der Waals surface area (Å²) in [5, 5.41) is 0. The van der Waals surface area contributed by atoms with Crippen LogP contribution in [0.3, 0.4) is 0 Å². The van der Waals surface area contributed by atoms with E-state index in [0.717, 1.165) is 22.2 Å². The van der Waals surface area contributed by atoms with Crippen LogP contribution in [0.2, 0.25) is 0 Å². The lowest BCUT2D eigenvalue weighted by Gasteiger charge is -2.11. The number of rotatable bonds is 4. The van der Waals surface area contributed by atoms with E-state index in [1.54, 1.807) is 17.1 Å². The summed E-state index contributed by atoms with van der Waals surface area (Å²) in [6, 6.07) is 14.2. The second kappa shape index (κ2) is 6.95. The van der Waals surface area contributed by atoms with Gasteiger partial charge in [0.25, 0.3) is 0 Å². The molecule has 0 spiro atoms. The number of aryl methyl sites for hydroxylation is 1. The van der Waals surface area contributed by atoms with E-state index in [2.05, 4.69) is 34.9 Å². The number of H-pyrrole nitrogens is 1. The number of nitrogens with zero attached hydrogens (tertiary/aromatic N) is 5. The van der Waals surface area contributed by atoms with Crippen molar-refractivity contribution in [3.8, 4) is 11.4 Å². The van der Waals surface area contributed by atoms with E-state index in [9.17, 15) is 4.79 Å². The SMILES string of the molecule is CC(C)c1ccccc1-c1ncc2[nH]c(=O)n(Cc3ccc4c(c3)ncn4C)c2n1. The van der Waals surface area contributed by atoms with Gasteiger partial charge in [-0.25, -0.2) is 19.7 Å². The Labute approximate surface area is 173 Å². The maximum Gasteiger partial charge on any atom is 0.328 e. The van der Waals surface area contributed by atoms with E-state index in [1.165, 1.54) is 5.56 Å². The summed E-state index contributed by atoms with van der Waals surface area (Å²) in [4.78, 5) is 29.2. The van der Waals surface area contributed by atoms with Gasteiger partial charge in [-0.3, -0.25) is 4.57 Å². The Morgan fingerprint density at radius 3 is 2.77 bits per heavy atom. The molecule has 0 aliphatic carbocycles. The summed E-state index contributed by atoms with van der Waals surface area (Å²) < 4.78 is 3.63. The third kappa shape index (κ3) is 2.99. The van der Waals surface area contributed by atoms with E-state index in [0.29, 0.717) is 29.5 Å². The lowest BCUT2D eigenvalue weighted by molar-refractivity contribution is 0.778. The van der Waals surface area contributed by atoms with Crippen molar-refractivity contribution in [2.45, 2.75) is 26.3 Å². The Bertz CT molecular complexity index is 1440. The average Bonchev–Trinajstić information content (AvgIpc) is 3.27. The zero-order valence-corrected chi connectivity index (χ0v) is 17.1. The Hall–Kier alpha value is -3.74. The molecule has 5 aromatic rings. The lowest BCUT2D eigenvalue weighted by Crippen LogP contribution is -2.17. The van der Waals surface area contributed by atoms with Crippen molar-refractivity contribution in [3.63, 3.8) is 0 Å². The highest BCUT2D eigenvalue weighted by atomic mass is 16.1. The van der Waals surface area contributed by atoms with Crippen molar-refractivity contribution >= 4 is 22.2 Å². The minimum Gasteiger partial charge on any atom is -0.334 e. The van der Waals surface area contributed by atoms with E-state index in [1.807, 2.05) is 48.0 Å². The fraction of sp³-hybridized carbons (Fsp3) is 0.217. The first-order chi connectivity index (χ1) is 14.5. The third-order valence-corrected chi connectivity index (χ3v) is 5.47. The fourth-order valence-electron chi connectivity index (χ4n) is 3.89. The molecule has 30 heavy (non-hydrogen) atoms. The topological polar surface area (TPSA) is 81.4 Å². The quantitative estimate of drug-likeness (QED) is 0.499. The molecule has 5 rings (SSSR count). The molecule has 2 aromatic carbocycles. The van der Waals surface area contributed by atoms with Gasteiger partial charge < -0.3 is 9.55 Å². The highest BCUT2D eigenvalue weighted by Gasteiger charge is 2.15. The van der Waals surface area contributed by atoms with Crippen LogP contribution in [0.15, 0.2) is 59.8 Å². The summed E-state index contributed by atoms with van der Waals surface area (Å²) in [5.41, 5.74) is 6.16. The van der Waals surface area contributed by atoms with E-state index < -0.39 is 0 Å². The van der Waals surface area contributed by atoms with Crippen LogP contribution in [0, 0.1) is 0 Å².